The lowest BCUT2D eigenvalue weighted by molar-refractivity contribution is 0.306. The summed E-state index contributed by atoms with van der Waals surface area (Å²) in [5.41, 5.74) is 2.67. The number of hydrogen-bond donors (Lipinski definition) is 1. The predicted octanol–water partition coefficient (Wildman–Crippen LogP) is 4.87. The minimum Gasteiger partial charge on any atom is -0.489 e. The van der Waals surface area contributed by atoms with Crippen LogP contribution in [0.2, 0.25) is 0 Å². The third-order valence-corrected chi connectivity index (χ3v) is 4.97. The van der Waals surface area contributed by atoms with Crippen molar-refractivity contribution in [2.45, 2.75) is 46.3 Å². The quantitative estimate of drug-likeness (QED) is 0.788. The first-order valence-corrected chi connectivity index (χ1v) is 8.41. The standard InChI is InChI=1S/C18H25NOS/c1-5-13(2)15-6-8-17(9-7-15)20-12-16-10-18(11-19-4)21-14(16)3/h6-10,13,19H,5,11-12H2,1-4H3. The van der Waals surface area contributed by atoms with Gasteiger partial charge >= 0.3 is 0 Å². The van der Waals surface area contributed by atoms with Crippen molar-refractivity contribution in [2.24, 2.45) is 0 Å². The van der Waals surface area contributed by atoms with Gasteiger partial charge in [-0.15, -0.1) is 11.3 Å². The predicted molar refractivity (Wildman–Crippen MR) is 91.3 cm³/mol. The monoisotopic (exact) mass is 303 g/mol. The first kappa shape index (κ1) is 16.1. The highest BCUT2D eigenvalue weighted by molar-refractivity contribution is 7.12. The van der Waals surface area contributed by atoms with Crippen LogP contribution >= 0.6 is 11.3 Å². The van der Waals surface area contributed by atoms with E-state index in [9.17, 15) is 0 Å². The van der Waals surface area contributed by atoms with Crippen LogP contribution in [0.3, 0.4) is 0 Å². The van der Waals surface area contributed by atoms with E-state index in [4.69, 9.17) is 4.74 Å². The molecule has 2 nitrogen and oxygen atoms in total. The molecule has 0 fully saturated rings. The minimum absolute atomic E-state index is 0.613. The van der Waals surface area contributed by atoms with Crippen LogP contribution in [0.15, 0.2) is 30.3 Å². The molecule has 0 aliphatic heterocycles. The van der Waals surface area contributed by atoms with Crippen LogP contribution < -0.4 is 10.1 Å². The van der Waals surface area contributed by atoms with E-state index >= 15 is 0 Å². The van der Waals surface area contributed by atoms with Gasteiger partial charge in [-0.05, 0) is 50.1 Å². The molecular formula is C18H25NOS. The van der Waals surface area contributed by atoms with Crippen molar-refractivity contribution in [2.75, 3.05) is 7.05 Å². The van der Waals surface area contributed by atoms with Gasteiger partial charge in [0.15, 0.2) is 0 Å². The Morgan fingerprint density at radius 1 is 1.24 bits per heavy atom. The van der Waals surface area contributed by atoms with Gasteiger partial charge in [0, 0.05) is 21.9 Å². The highest BCUT2D eigenvalue weighted by Crippen LogP contribution is 2.25. The van der Waals surface area contributed by atoms with Crippen molar-refractivity contribution in [1.82, 2.24) is 5.32 Å². The first-order chi connectivity index (χ1) is 10.1. The molecule has 114 valence electrons. The molecule has 0 bridgehead atoms. The Balaban J connectivity index is 1.96. The highest BCUT2D eigenvalue weighted by atomic mass is 32.1. The molecule has 0 aliphatic rings. The molecule has 3 heteroatoms. The largest absolute Gasteiger partial charge is 0.489 e. The highest BCUT2D eigenvalue weighted by Gasteiger charge is 2.07. The van der Waals surface area contributed by atoms with E-state index in [0.29, 0.717) is 12.5 Å². The maximum Gasteiger partial charge on any atom is 0.119 e. The Morgan fingerprint density at radius 3 is 2.57 bits per heavy atom. The summed E-state index contributed by atoms with van der Waals surface area (Å²) < 4.78 is 5.92. The lowest BCUT2D eigenvalue weighted by Gasteiger charge is -2.10. The normalized spacial score (nSPS) is 12.4. The molecule has 1 heterocycles. The van der Waals surface area contributed by atoms with E-state index in [1.165, 1.54) is 27.3 Å². The zero-order valence-corrected chi connectivity index (χ0v) is 14.2. The average Bonchev–Trinajstić information content (AvgIpc) is 2.85. The molecule has 1 N–H and O–H groups in total. The first-order valence-electron chi connectivity index (χ1n) is 7.59. The Labute approximate surface area is 132 Å². The Kier molecular flexibility index (Phi) is 5.83. The van der Waals surface area contributed by atoms with Crippen LogP contribution in [-0.4, -0.2) is 7.05 Å². The minimum atomic E-state index is 0.613. The fourth-order valence-electron chi connectivity index (χ4n) is 2.28. The molecule has 21 heavy (non-hydrogen) atoms. The Morgan fingerprint density at radius 2 is 1.95 bits per heavy atom. The SMILES string of the molecule is CCC(C)c1ccc(OCc2cc(CNC)sc2C)cc1. The summed E-state index contributed by atoms with van der Waals surface area (Å²) in [5.74, 6) is 1.56. The summed E-state index contributed by atoms with van der Waals surface area (Å²) in [6.45, 7) is 8.21. The van der Waals surface area contributed by atoms with Gasteiger partial charge in [0.1, 0.15) is 12.4 Å². The zero-order chi connectivity index (χ0) is 15.2. The fourth-order valence-corrected chi connectivity index (χ4v) is 3.34. The van der Waals surface area contributed by atoms with Crippen LogP contribution in [0.5, 0.6) is 5.75 Å². The maximum absolute atomic E-state index is 5.92. The van der Waals surface area contributed by atoms with Crippen molar-refractivity contribution < 1.29 is 4.74 Å². The van der Waals surface area contributed by atoms with Gasteiger partial charge in [-0.2, -0.15) is 0 Å². The van der Waals surface area contributed by atoms with Crippen LogP contribution in [0.4, 0.5) is 0 Å². The number of nitrogens with one attached hydrogen (secondary N) is 1. The van der Waals surface area contributed by atoms with E-state index in [2.05, 4.69) is 56.4 Å². The van der Waals surface area contributed by atoms with Gasteiger partial charge in [0.2, 0.25) is 0 Å². The topological polar surface area (TPSA) is 21.3 Å². The molecule has 1 unspecified atom stereocenters. The summed E-state index contributed by atoms with van der Waals surface area (Å²) in [6, 6.07) is 10.8. The Bertz CT molecular complexity index is 559. The number of hydrogen-bond acceptors (Lipinski definition) is 3. The third kappa shape index (κ3) is 4.32. The molecule has 0 spiro atoms. The second-order valence-electron chi connectivity index (χ2n) is 5.49. The van der Waals surface area contributed by atoms with E-state index in [-0.39, 0.29) is 0 Å². The van der Waals surface area contributed by atoms with Gasteiger partial charge in [0.05, 0.1) is 0 Å². The summed E-state index contributed by atoms with van der Waals surface area (Å²) in [5, 5.41) is 3.19. The average molecular weight is 303 g/mol. The molecule has 0 saturated heterocycles. The number of benzene rings is 1. The molecule has 1 aromatic carbocycles. The summed E-state index contributed by atoms with van der Waals surface area (Å²) in [6.07, 6.45) is 1.17. The van der Waals surface area contributed by atoms with Crippen LogP contribution in [0.1, 0.15) is 47.1 Å². The summed E-state index contributed by atoms with van der Waals surface area (Å²) in [4.78, 5) is 2.71. The van der Waals surface area contributed by atoms with Gasteiger partial charge in [-0.1, -0.05) is 26.0 Å². The third-order valence-electron chi connectivity index (χ3n) is 3.88. The molecule has 2 rings (SSSR count). The molecule has 1 atom stereocenters. The van der Waals surface area contributed by atoms with Crippen molar-refractivity contribution in [1.29, 1.82) is 0 Å². The number of rotatable bonds is 7. The van der Waals surface area contributed by atoms with Crippen molar-refractivity contribution in [3.8, 4) is 5.75 Å². The maximum atomic E-state index is 5.92. The second-order valence-corrected chi connectivity index (χ2v) is 6.83. The lowest BCUT2D eigenvalue weighted by Crippen LogP contribution is -2.02. The van der Waals surface area contributed by atoms with Crippen LogP contribution in [0.25, 0.3) is 0 Å². The molecule has 0 aliphatic carbocycles. The van der Waals surface area contributed by atoms with Crippen molar-refractivity contribution in [3.63, 3.8) is 0 Å². The summed E-state index contributed by atoms with van der Waals surface area (Å²) in [7, 11) is 1.98. The fraction of sp³-hybridized carbons (Fsp3) is 0.444. The van der Waals surface area contributed by atoms with Gasteiger partial charge in [-0.25, -0.2) is 0 Å². The van der Waals surface area contributed by atoms with Gasteiger partial charge < -0.3 is 10.1 Å². The molecule has 2 aromatic rings. The van der Waals surface area contributed by atoms with Crippen molar-refractivity contribution >= 4 is 11.3 Å². The molecule has 0 saturated carbocycles. The van der Waals surface area contributed by atoms with E-state index in [1.807, 2.05) is 18.4 Å². The number of ether oxygens (including phenoxy) is 1. The second kappa shape index (κ2) is 7.62. The number of thiophene rings is 1. The molecule has 0 amide bonds. The molecule has 1 aromatic heterocycles. The Hall–Kier alpha value is -1.32. The van der Waals surface area contributed by atoms with Crippen LogP contribution in [-0.2, 0) is 13.2 Å². The van der Waals surface area contributed by atoms with Crippen LogP contribution in [0, 0.1) is 6.92 Å². The molecule has 0 radical (unpaired) electrons. The van der Waals surface area contributed by atoms with Gasteiger partial charge in [-0.3, -0.25) is 0 Å². The summed E-state index contributed by atoms with van der Waals surface area (Å²) >= 11 is 1.84. The van der Waals surface area contributed by atoms with E-state index in [1.54, 1.807) is 0 Å². The lowest BCUT2D eigenvalue weighted by atomic mass is 9.99. The number of aryl methyl sites for hydroxylation is 1. The smallest absolute Gasteiger partial charge is 0.119 e. The van der Waals surface area contributed by atoms with E-state index < -0.39 is 0 Å². The van der Waals surface area contributed by atoms with Crippen molar-refractivity contribution in [3.05, 3.63) is 51.2 Å². The zero-order valence-electron chi connectivity index (χ0n) is 13.4. The van der Waals surface area contributed by atoms with Gasteiger partial charge in [0.25, 0.3) is 0 Å². The van der Waals surface area contributed by atoms with E-state index in [0.717, 1.165) is 12.3 Å². The molecular weight excluding hydrogens is 278 g/mol.